The molecule has 20 heavy (non-hydrogen) atoms. The van der Waals surface area contributed by atoms with Crippen LogP contribution in [-0.4, -0.2) is 5.91 Å². The van der Waals surface area contributed by atoms with E-state index in [-0.39, 0.29) is 16.9 Å². The third-order valence-electron chi connectivity index (χ3n) is 2.84. The molecule has 3 rings (SSSR count). The van der Waals surface area contributed by atoms with E-state index >= 15 is 0 Å². The van der Waals surface area contributed by atoms with Crippen molar-refractivity contribution in [3.8, 4) is 0 Å². The summed E-state index contributed by atoms with van der Waals surface area (Å²) in [5.74, 6) is -2.92. The summed E-state index contributed by atoms with van der Waals surface area (Å²) in [6, 6.07) is 7.43. The Morgan fingerprint density at radius 2 is 2.00 bits per heavy atom. The Bertz CT molecular complexity index is 721. The van der Waals surface area contributed by atoms with Gasteiger partial charge in [-0.2, -0.15) is 0 Å². The normalized spacial score (nSPS) is 12.7. The molecule has 0 aliphatic carbocycles. The van der Waals surface area contributed by atoms with Crippen molar-refractivity contribution < 1.29 is 13.6 Å². The molecule has 4 nitrogen and oxygen atoms in total. The van der Waals surface area contributed by atoms with Crippen LogP contribution in [0.5, 0.6) is 0 Å². The van der Waals surface area contributed by atoms with Crippen molar-refractivity contribution >= 4 is 34.6 Å². The summed E-state index contributed by atoms with van der Waals surface area (Å²) in [6.07, 6.45) is 0. The fraction of sp³-hybridized carbons (Fsp3) is 0. The lowest BCUT2D eigenvalue weighted by Crippen LogP contribution is -2.11. The molecule has 0 atom stereocenters. The minimum atomic E-state index is -1.16. The smallest absolute Gasteiger partial charge is 0.297 e. The number of hydrogen-bond donors (Lipinski definition) is 2. The second kappa shape index (κ2) is 4.64. The fourth-order valence-electron chi connectivity index (χ4n) is 1.92. The van der Waals surface area contributed by atoms with E-state index in [9.17, 15) is 13.6 Å². The van der Waals surface area contributed by atoms with E-state index < -0.39 is 17.5 Å². The van der Waals surface area contributed by atoms with Crippen LogP contribution in [0.25, 0.3) is 0 Å². The predicted octanol–water partition coefficient (Wildman–Crippen LogP) is 3.45. The predicted molar refractivity (Wildman–Crippen MR) is 71.2 cm³/mol. The first-order valence-electron chi connectivity index (χ1n) is 5.62. The van der Waals surface area contributed by atoms with Gasteiger partial charge in [-0.3, -0.25) is 10.2 Å². The van der Waals surface area contributed by atoms with E-state index in [0.717, 1.165) is 6.07 Å². The van der Waals surface area contributed by atoms with E-state index in [1.54, 1.807) is 24.3 Å². The summed E-state index contributed by atoms with van der Waals surface area (Å²) in [4.78, 5) is 11.6. The number of nitrogens with one attached hydrogen (secondary N) is 2. The molecule has 2 aromatic carbocycles. The number of para-hydroxylation sites is 1. The molecule has 1 aliphatic rings. The zero-order valence-corrected chi connectivity index (χ0v) is 10.6. The molecule has 0 saturated carbocycles. The number of carbonyl (C=O) groups is 1. The Balaban J connectivity index is 2.14. The molecule has 1 heterocycles. The largest absolute Gasteiger partial charge is 0.351 e. The average molecular weight is 295 g/mol. The Morgan fingerprint density at radius 3 is 2.75 bits per heavy atom. The van der Waals surface area contributed by atoms with E-state index in [1.807, 2.05) is 0 Å². The maximum absolute atomic E-state index is 13.9. The highest BCUT2D eigenvalue weighted by Gasteiger charge is 2.29. The van der Waals surface area contributed by atoms with Gasteiger partial charge in [0.25, 0.3) is 5.91 Å². The Labute approximate surface area is 117 Å². The Kier molecular flexibility index (Phi) is 2.94. The first kappa shape index (κ1) is 12.7. The number of halogens is 3. The number of amides is 1. The van der Waals surface area contributed by atoms with Crippen LogP contribution in [0.2, 0.25) is 5.02 Å². The van der Waals surface area contributed by atoms with E-state index in [0.29, 0.717) is 10.7 Å². The number of fused-ring (bicyclic) bond motifs is 1. The van der Waals surface area contributed by atoms with Crippen molar-refractivity contribution in [2.45, 2.75) is 0 Å². The maximum atomic E-state index is 13.9. The monoisotopic (exact) mass is 294 g/mol. The molecule has 101 valence electrons. The summed E-state index contributed by atoms with van der Waals surface area (Å²) in [5, 5.41) is 2.96. The van der Waals surface area contributed by atoms with Crippen molar-refractivity contribution in [3.63, 3.8) is 0 Å². The topological polar surface area (TPSA) is 55.2 Å². The van der Waals surface area contributed by atoms with E-state index in [4.69, 9.17) is 11.6 Å². The van der Waals surface area contributed by atoms with Gasteiger partial charge in [0.1, 0.15) is 0 Å². The second-order valence-electron chi connectivity index (χ2n) is 4.10. The van der Waals surface area contributed by atoms with Gasteiger partial charge in [-0.25, -0.2) is 8.78 Å². The molecule has 0 saturated heterocycles. The summed E-state index contributed by atoms with van der Waals surface area (Å²) in [5.41, 5.74) is 5.91. The van der Waals surface area contributed by atoms with Crippen molar-refractivity contribution in [2.75, 3.05) is 10.7 Å². The van der Waals surface area contributed by atoms with Crippen LogP contribution in [-0.2, 0) is 0 Å². The molecular formula is C13H7ClF2N3O. The lowest BCUT2D eigenvalue weighted by molar-refractivity contribution is 0.0969. The molecule has 0 aromatic heterocycles. The number of benzene rings is 2. The minimum Gasteiger partial charge on any atom is -0.351 e. The van der Waals surface area contributed by atoms with Gasteiger partial charge in [0, 0.05) is 6.07 Å². The highest BCUT2D eigenvalue weighted by Crippen LogP contribution is 2.36. The lowest BCUT2D eigenvalue weighted by atomic mass is 10.1. The van der Waals surface area contributed by atoms with Gasteiger partial charge in [0.2, 0.25) is 0 Å². The van der Waals surface area contributed by atoms with Crippen LogP contribution in [0.1, 0.15) is 10.4 Å². The van der Waals surface area contributed by atoms with Crippen LogP contribution >= 0.6 is 11.6 Å². The highest BCUT2D eigenvalue weighted by molar-refractivity contribution is 6.33. The highest BCUT2D eigenvalue weighted by atomic mass is 35.5. The molecule has 0 unspecified atom stereocenters. The second-order valence-corrected chi connectivity index (χ2v) is 4.51. The molecule has 0 fully saturated rings. The van der Waals surface area contributed by atoms with Gasteiger partial charge in [-0.1, -0.05) is 23.7 Å². The fourth-order valence-corrected chi connectivity index (χ4v) is 2.10. The number of carbonyl (C=O) groups excluding carboxylic acids is 1. The maximum Gasteiger partial charge on any atom is 0.297 e. The molecule has 1 amide bonds. The number of nitrogens with zero attached hydrogens (tertiary/aromatic N) is 1. The quantitative estimate of drug-likeness (QED) is 0.892. The third-order valence-corrected chi connectivity index (χ3v) is 3.17. The summed E-state index contributed by atoms with van der Waals surface area (Å²) in [7, 11) is 0. The SMILES string of the molecule is O=C1[N]Nc2cc(F)c(F)c(Nc3ccccc3Cl)c21. The summed E-state index contributed by atoms with van der Waals surface area (Å²) >= 11 is 5.95. The van der Waals surface area contributed by atoms with E-state index in [2.05, 4.69) is 16.2 Å². The molecule has 0 spiro atoms. The zero-order valence-electron chi connectivity index (χ0n) is 9.88. The van der Waals surface area contributed by atoms with Crippen molar-refractivity contribution in [1.82, 2.24) is 5.43 Å². The van der Waals surface area contributed by atoms with Crippen molar-refractivity contribution in [2.24, 2.45) is 0 Å². The van der Waals surface area contributed by atoms with Crippen molar-refractivity contribution in [1.29, 1.82) is 0 Å². The number of hydrogen-bond acceptors (Lipinski definition) is 3. The standard InChI is InChI=1S/C13H7ClF2N3O/c14-6-3-1-2-4-8(6)17-12-10-9(18-19-13(10)20)5-7(15)11(12)16/h1-5,17-18H. The molecule has 2 aromatic rings. The van der Waals surface area contributed by atoms with Gasteiger partial charge < -0.3 is 5.32 Å². The van der Waals surface area contributed by atoms with Crippen LogP contribution < -0.4 is 16.2 Å². The summed E-state index contributed by atoms with van der Waals surface area (Å²) < 4.78 is 27.5. The molecule has 2 N–H and O–H groups in total. The first-order valence-corrected chi connectivity index (χ1v) is 6.00. The first-order chi connectivity index (χ1) is 9.58. The Morgan fingerprint density at radius 1 is 1.25 bits per heavy atom. The minimum absolute atomic E-state index is 0.0520. The van der Waals surface area contributed by atoms with Gasteiger partial charge >= 0.3 is 0 Å². The third kappa shape index (κ3) is 1.94. The van der Waals surface area contributed by atoms with Crippen LogP contribution in [0.15, 0.2) is 30.3 Å². The van der Waals surface area contributed by atoms with Crippen LogP contribution in [0, 0.1) is 11.6 Å². The van der Waals surface area contributed by atoms with E-state index in [1.165, 1.54) is 0 Å². The van der Waals surface area contributed by atoms with Gasteiger partial charge in [-0.05, 0) is 12.1 Å². The number of anilines is 3. The van der Waals surface area contributed by atoms with Gasteiger partial charge in [-0.15, -0.1) is 5.43 Å². The molecule has 0 bridgehead atoms. The molecule has 1 radical (unpaired) electrons. The summed E-state index contributed by atoms with van der Waals surface area (Å²) in [6.45, 7) is 0. The zero-order chi connectivity index (χ0) is 14.3. The van der Waals surface area contributed by atoms with Crippen LogP contribution in [0.3, 0.4) is 0 Å². The molecule has 1 aliphatic heterocycles. The lowest BCUT2D eigenvalue weighted by Gasteiger charge is -2.12. The van der Waals surface area contributed by atoms with Gasteiger partial charge in [0.15, 0.2) is 11.6 Å². The van der Waals surface area contributed by atoms with Crippen LogP contribution in [0.4, 0.5) is 25.8 Å². The average Bonchev–Trinajstić information content (AvgIpc) is 2.78. The Hall–Kier alpha value is -2.34. The molecule has 7 heteroatoms. The van der Waals surface area contributed by atoms with Gasteiger partial charge in [0.05, 0.1) is 27.6 Å². The van der Waals surface area contributed by atoms with Crippen molar-refractivity contribution in [3.05, 3.63) is 52.6 Å². The molecular weight excluding hydrogens is 288 g/mol. The number of rotatable bonds is 2.